The molecule has 0 aliphatic carbocycles. The van der Waals surface area contributed by atoms with Crippen LogP contribution >= 0.6 is 11.6 Å². The summed E-state index contributed by atoms with van der Waals surface area (Å²) in [4.78, 5) is 15.2. The number of hydrogen-bond acceptors (Lipinski definition) is 4. The van der Waals surface area contributed by atoms with Crippen molar-refractivity contribution in [2.45, 2.75) is 26.4 Å². The van der Waals surface area contributed by atoms with Crippen LogP contribution in [0.2, 0.25) is 5.02 Å². The normalized spacial score (nSPS) is 12.6. The van der Waals surface area contributed by atoms with Crippen LogP contribution in [0.1, 0.15) is 19.7 Å². The number of aliphatic carboxylic acids is 1. The Kier molecular flexibility index (Phi) is 4.98. The molecule has 0 saturated heterocycles. The van der Waals surface area contributed by atoms with Crippen LogP contribution in [0.15, 0.2) is 34.9 Å². The third-order valence-electron chi connectivity index (χ3n) is 3.09. The standard InChI is InChI=1S/C15H17ClN2O3/c1-9(2)14(15(19)20)18-8-13-17-7-12(21-13)10-3-5-11(16)6-4-10/h3-7,9,14,18H,8H2,1-2H3,(H,19,20). The Hall–Kier alpha value is -1.85. The molecule has 1 heterocycles. The average molecular weight is 309 g/mol. The highest BCUT2D eigenvalue weighted by molar-refractivity contribution is 6.30. The first-order valence-corrected chi connectivity index (χ1v) is 7.02. The van der Waals surface area contributed by atoms with Gasteiger partial charge >= 0.3 is 5.97 Å². The number of hydrogen-bond donors (Lipinski definition) is 2. The summed E-state index contributed by atoms with van der Waals surface area (Å²) in [6, 6.07) is 6.60. The van der Waals surface area contributed by atoms with Crippen LogP contribution in [0.3, 0.4) is 0 Å². The first kappa shape index (κ1) is 15.5. The highest BCUT2D eigenvalue weighted by Gasteiger charge is 2.21. The minimum Gasteiger partial charge on any atom is -0.480 e. The van der Waals surface area contributed by atoms with E-state index < -0.39 is 12.0 Å². The van der Waals surface area contributed by atoms with Gasteiger partial charge in [-0.1, -0.05) is 25.4 Å². The quantitative estimate of drug-likeness (QED) is 0.857. The number of nitrogens with zero attached hydrogens (tertiary/aromatic N) is 1. The molecule has 0 saturated carbocycles. The maximum Gasteiger partial charge on any atom is 0.320 e. The first-order valence-electron chi connectivity index (χ1n) is 6.64. The van der Waals surface area contributed by atoms with E-state index in [1.165, 1.54) is 0 Å². The molecule has 0 spiro atoms. The third-order valence-corrected chi connectivity index (χ3v) is 3.34. The third kappa shape index (κ3) is 4.06. The largest absolute Gasteiger partial charge is 0.480 e. The van der Waals surface area contributed by atoms with Crippen LogP contribution in [0, 0.1) is 5.92 Å². The maximum absolute atomic E-state index is 11.1. The molecule has 112 valence electrons. The van der Waals surface area contributed by atoms with Gasteiger partial charge in [0.2, 0.25) is 5.89 Å². The van der Waals surface area contributed by atoms with Crippen molar-refractivity contribution in [1.29, 1.82) is 0 Å². The fourth-order valence-corrected chi connectivity index (χ4v) is 2.07. The number of aromatic nitrogens is 1. The topological polar surface area (TPSA) is 75.4 Å². The second kappa shape index (κ2) is 6.74. The Morgan fingerprint density at radius 1 is 1.38 bits per heavy atom. The summed E-state index contributed by atoms with van der Waals surface area (Å²) in [5.74, 6) is 0.175. The highest BCUT2D eigenvalue weighted by Crippen LogP contribution is 2.22. The molecule has 2 rings (SSSR count). The summed E-state index contributed by atoms with van der Waals surface area (Å²) in [5, 5.41) is 12.7. The molecule has 5 nitrogen and oxygen atoms in total. The van der Waals surface area contributed by atoms with Crippen molar-refractivity contribution in [3.8, 4) is 11.3 Å². The van der Waals surface area contributed by atoms with E-state index in [1.807, 2.05) is 26.0 Å². The van der Waals surface area contributed by atoms with Gasteiger partial charge in [0.05, 0.1) is 12.7 Å². The minimum atomic E-state index is -0.880. The van der Waals surface area contributed by atoms with Crippen molar-refractivity contribution in [3.63, 3.8) is 0 Å². The predicted molar refractivity (Wildman–Crippen MR) is 80.1 cm³/mol. The van der Waals surface area contributed by atoms with Gasteiger partial charge in [0, 0.05) is 10.6 Å². The van der Waals surface area contributed by atoms with E-state index in [0.717, 1.165) is 5.56 Å². The number of nitrogens with one attached hydrogen (secondary N) is 1. The lowest BCUT2D eigenvalue weighted by molar-refractivity contribution is -0.140. The SMILES string of the molecule is CC(C)C(NCc1ncc(-c2ccc(Cl)cc2)o1)C(=O)O. The van der Waals surface area contributed by atoms with Gasteiger partial charge in [0.25, 0.3) is 0 Å². The van der Waals surface area contributed by atoms with Gasteiger partial charge < -0.3 is 9.52 Å². The van der Waals surface area contributed by atoms with Crippen LogP contribution in [0.4, 0.5) is 0 Å². The number of benzene rings is 1. The van der Waals surface area contributed by atoms with Gasteiger partial charge in [0.15, 0.2) is 5.76 Å². The molecule has 1 unspecified atom stereocenters. The van der Waals surface area contributed by atoms with Gasteiger partial charge in [-0.15, -0.1) is 0 Å². The molecular weight excluding hydrogens is 292 g/mol. The Labute approximate surface area is 128 Å². The fourth-order valence-electron chi connectivity index (χ4n) is 1.95. The summed E-state index contributed by atoms with van der Waals surface area (Å²) in [5.41, 5.74) is 0.872. The van der Waals surface area contributed by atoms with Gasteiger partial charge in [-0.05, 0) is 30.2 Å². The second-order valence-electron chi connectivity index (χ2n) is 5.07. The summed E-state index contributed by atoms with van der Waals surface area (Å²) < 4.78 is 5.61. The van der Waals surface area contributed by atoms with Crippen LogP contribution < -0.4 is 5.32 Å². The molecule has 0 aliphatic rings. The van der Waals surface area contributed by atoms with Crippen molar-refractivity contribution in [2.24, 2.45) is 5.92 Å². The molecular formula is C15H17ClN2O3. The first-order chi connectivity index (χ1) is 9.97. The Bertz CT molecular complexity index is 608. The van der Waals surface area contributed by atoms with Crippen molar-refractivity contribution in [2.75, 3.05) is 0 Å². The van der Waals surface area contributed by atoms with E-state index in [2.05, 4.69) is 10.3 Å². The van der Waals surface area contributed by atoms with Crippen molar-refractivity contribution >= 4 is 17.6 Å². The van der Waals surface area contributed by atoms with Crippen LogP contribution in [-0.2, 0) is 11.3 Å². The zero-order chi connectivity index (χ0) is 15.4. The molecule has 0 radical (unpaired) electrons. The molecule has 1 aromatic carbocycles. The molecule has 1 aromatic heterocycles. The summed E-state index contributed by atoms with van der Waals surface area (Å²) >= 11 is 5.84. The number of carboxylic acids is 1. The molecule has 21 heavy (non-hydrogen) atoms. The molecule has 0 amide bonds. The lowest BCUT2D eigenvalue weighted by Crippen LogP contribution is -2.40. The fraction of sp³-hybridized carbons (Fsp3) is 0.333. The van der Waals surface area contributed by atoms with Crippen LogP contribution in [0.25, 0.3) is 11.3 Å². The molecule has 6 heteroatoms. The van der Waals surface area contributed by atoms with Crippen molar-refractivity contribution < 1.29 is 14.3 Å². The van der Waals surface area contributed by atoms with E-state index in [1.54, 1.807) is 18.3 Å². The predicted octanol–water partition coefficient (Wildman–Crippen LogP) is 3.19. The van der Waals surface area contributed by atoms with Crippen molar-refractivity contribution in [1.82, 2.24) is 10.3 Å². The number of halogens is 1. The molecule has 0 fully saturated rings. The number of rotatable bonds is 6. The second-order valence-corrected chi connectivity index (χ2v) is 5.50. The molecule has 1 atom stereocenters. The number of oxazole rings is 1. The Morgan fingerprint density at radius 2 is 2.05 bits per heavy atom. The smallest absolute Gasteiger partial charge is 0.320 e. The lowest BCUT2D eigenvalue weighted by atomic mass is 10.1. The molecule has 2 N–H and O–H groups in total. The van der Waals surface area contributed by atoms with Crippen LogP contribution in [-0.4, -0.2) is 22.1 Å². The Morgan fingerprint density at radius 3 is 2.62 bits per heavy atom. The minimum absolute atomic E-state index is 0.0202. The van der Waals surface area contributed by atoms with Gasteiger partial charge in [-0.3, -0.25) is 10.1 Å². The van der Waals surface area contributed by atoms with Gasteiger partial charge in [-0.2, -0.15) is 0 Å². The number of carboxylic acid groups (broad SMARTS) is 1. The van der Waals surface area contributed by atoms with Crippen LogP contribution in [0.5, 0.6) is 0 Å². The monoisotopic (exact) mass is 308 g/mol. The summed E-state index contributed by atoms with van der Waals surface area (Å²) in [6.45, 7) is 3.96. The molecule has 0 aliphatic heterocycles. The van der Waals surface area contributed by atoms with Gasteiger partial charge in [-0.25, -0.2) is 4.98 Å². The van der Waals surface area contributed by atoms with E-state index in [4.69, 9.17) is 21.1 Å². The van der Waals surface area contributed by atoms with E-state index in [0.29, 0.717) is 16.7 Å². The van der Waals surface area contributed by atoms with Crippen molar-refractivity contribution in [3.05, 3.63) is 41.4 Å². The highest BCUT2D eigenvalue weighted by atomic mass is 35.5. The lowest BCUT2D eigenvalue weighted by Gasteiger charge is -2.16. The summed E-state index contributed by atoms with van der Waals surface area (Å²) in [6.07, 6.45) is 1.62. The molecule has 0 bridgehead atoms. The average Bonchev–Trinajstić information content (AvgIpc) is 2.87. The summed E-state index contributed by atoms with van der Waals surface area (Å²) in [7, 11) is 0. The van der Waals surface area contributed by atoms with E-state index >= 15 is 0 Å². The maximum atomic E-state index is 11.1. The van der Waals surface area contributed by atoms with E-state index in [9.17, 15) is 4.79 Å². The van der Waals surface area contributed by atoms with Gasteiger partial charge in [0.1, 0.15) is 6.04 Å². The molecule has 2 aromatic rings. The zero-order valence-electron chi connectivity index (χ0n) is 11.8. The Balaban J connectivity index is 2.03. The zero-order valence-corrected chi connectivity index (χ0v) is 12.6. The number of carbonyl (C=O) groups is 1. The van der Waals surface area contributed by atoms with E-state index in [-0.39, 0.29) is 12.5 Å².